The molecule has 1 aromatic carbocycles. The standard InChI is InChI=1S/C12H14.C2H6.CH4/c1-4-5-8-12-9-6-7-10(2)11(12)3;1-2;/h4-9H,1H2,2-3H3;1-2H3;1H4/b8-5-;;. The Morgan fingerprint density at radius 3 is 2.27 bits per heavy atom. The molecule has 0 fully saturated rings. The van der Waals surface area contributed by atoms with Crippen molar-refractivity contribution in [3.8, 4) is 0 Å². The SMILES string of the molecule is C.C=C/C=C\c1cccc(C)c1C.CC. The van der Waals surface area contributed by atoms with Crippen LogP contribution < -0.4 is 0 Å². The van der Waals surface area contributed by atoms with Crippen LogP contribution in [0.25, 0.3) is 6.08 Å². The van der Waals surface area contributed by atoms with Gasteiger partial charge in [-0.2, -0.15) is 0 Å². The largest absolute Gasteiger partial charge is 0.0991 e. The normalized spacial score (nSPS) is 8.80. The lowest BCUT2D eigenvalue weighted by Gasteiger charge is -2.02. The van der Waals surface area contributed by atoms with E-state index in [1.54, 1.807) is 6.08 Å². The van der Waals surface area contributed by atoms with E-state index in [9.17, 15) is 0 Å². The quantitative estimate of drug-likeness (QED) is 0.583. The van der Waals surface area contributed by atoms with Gasteiger partial charge in [-0.25, -0.2) is 0 Å². The van der Waals surface area contributed by atoms with Crippen LogP contribution in [0.4, 0.5) is 0 Å². The topological polar surface area (TPSA) is 0 Å². The van der Waals surface area contributed by atoms with Gasteiger partial charge in [0.1, 0.15) is 0 Å². The molecule has 0 spiro atoms. The molecule has 0 unspecified atom stereocenters. The zero-order chi connectivity index (χ0) is 11.0. The first-order valence-electron chi connectivity index (χ1n) is 5.11. The Kier molecular flexibility index (Phi) is 9.97. The van der Waals surface area contributed by atoms with E-state index < -0.39 is 0 Å². The Morgan fingerprint density at radius 2 is 1.73 bits per heavy atom. The van der Waals surface area contributed by atoms with Gasteiger partial charge in [0.25, 0.3) is 0 Å². The average molecular weight is 204 g/mol. The van der Waals surface area contributed by atoms with Crippen molar-refractivity contribution in [1.82, 2.24) is 0 Å². The van der Waals surface area contributed by atoms with E-state index in [1.165, 1.54) is 16.7 Å². The zero-order valence-corrected chi connectivity index (χ0v) is 9.67. The highest BCUT2D eigenvalue weighted by Crippen LogP contribution is 2.13. The highest BCUT2D eigenvalue weighted by molar-refractivity contribution is 5.56. The van der Waals surface area contributed by atoms with Crippen LogP contribution in [0.1, 0.15) is 38.0 Å². The molecule has 1 rings (SSSR count). The van der Waals surface area contributed by atoms with Crippen molar-refractivity contribution in [2.45, 2.75) is 35.1 Å². The molecule has 0 aromatic heterocycles. The molecule has 0 saturated heterocycles. The highest BCUT2D eigenvalue weighted by atomic mass is 14.0. The lowest BCUT2D eigenvalue weighted by molar-refractivity contribution is 1.33. The van der Waals surface area contributed by atoms with Crippen LogP contribution in [-0.4, -0.2) is 0 Å². The summed E-state index contributed by atoms with van der Waals surface area (Å²) >= 11 is 0. The number of hydrogen-bond acceptors (Lipinski definition) is 0. The van der Waals surface area contributed by atoms with E-state index in [0.29, 0.717) is 0 Å². The minimum absolute atomic E-state index is 0. The van der Waals surface area contributed by atoms with Gasteiger partial charge in [-0.3, -0.25) is 0 Å². The molecule has 0 aliphatic heterocycles. The first-order chi connectivity index (χ1) is 6.75. The molecule has 0 amide bonds. The Hall–Kier alpha value is -1.30. The van der Waals surface area contributed by atoms with Crippen molar-refractivity contribution < 1.29 is 0 Å². The molecular formula is C15H24. The van der Waals surface area contributed by atoms with Crippen LogP contribution in [0.2, 0.25) is 0 Å². The molecule has 0 aliphatic carbocycles. The first-order valence-corrected chi connectivity index (χ1v) is 5.11. The van der Waals surface area contributed by atoms with Gasteiger partial charge in [-0.1, -0.05) is 64.3 Å². The summed E-state index contributed by atoms with van der Waals surface area (Å²) in [5, 5.41) is 0. The molecule has 84 valence electrons. The van der Waals surface area contributed by atoms with Gasteiger partial charge >= 0.3 is 0 Å². The molecule has 0 bridgehead atoms. The number of rotatable bonds is 2. The third kappa shape index (κ3) is 5.21. The summed E-state index contributed by atoms with van der Waals surface area (Å²) in [6.45, 7) is 11.9. The van der Waals surface area contributed by atoms with Gasteiger partial charge in [-0.05, 0) is 30.5 Å². The predicted molar refractivity (Wildman–Crippen MR) is 73.2 cm³/mol. The number of hydrogen-bond donors (Lipinski definition) is 0. The molecule has 0 heterocycles. The summed E-state index contributed by atoms with van der Waals surface area (Å²) in [5.41, 5.74) is 3.95. The molecular weight excluding hydrogens is 180 g/mol. The molecule has 0 nitrogen and oxygen atoms in total. The maximum Gasteiger partial charge on any atom is -0.0225 e. The lowest BCUT2D eigenvalue weighted by atomic mass is 10.0. The fourth-order valence-electron chi connectivity index (χ4n) is 1.13. The van der Waals surface area contributed by atoms with E-state index >= 15 is 0 Å². The molecule has 0 aliphatic rings. The van der Waals surface area contributed by atoms with Gasteiger partial charge < -0.3 is 0 Å². The third-order valence-electron chi connectivity index (χ3n) is 2.06. The maximum absolute atomic E-state index is 3.64. The van der Waals surface area contributed by atoms with Crippen LogP contribution in [-0.2, 0) is 0 Å². The van der Waals surface area contributed by atoms with Crippen LogP contribution in [0, 0.1) is 13.8 Å². The monoisotopic (exact) mass is 204 g/mol. The van der Waals surface area contributed by atoms with Crippen molar-refractivity contribution in [1.29, 1.82) is 0 Å². The van der Waals surface area contributed by atoms with Crippen LogP contribution >= 0.6 is 0 Å². The summed E-state index contributed by atoms with van der Waals surface area (Å²) < 4.78 is 0. The van der Waals surface area contributed by atoms with Crippen molar-refractivity contribution in [2.75, 3.05) is 0 Å². The molecule has 0 atom stereocenters. The highest BCUT2D eigenvalue weighted by Gasteiger charge is 1.94. The van der Waals surface area contributed by atoms with Crippen LogP contribution in [0.15, 0.2) is 36.9 Å². The number of allylic oxidation sites excluding steroid dienone is 2. The average Bonchev–Trinajstić information content (AvgIpc) is 2.23. The van der Waals surface area contributed by atoms with Gasteiger partial charge in [0, 0.05) is 0 Å². The molecule has 0 saturated carbocycles. The zero-order valence-electron chi connectivity index (χ0n) is 9.67. The fourth-order valence-corrected chi connectivity index (χ4v) is 1.13. The van der Waals surface area contributed by atoms with Crippen molar-refractivity contribution in [3.05, 3.63) is 53.6 Å². The fraction of sp³-hybridized carbons (Fsp3) is 0.333. The lowest BCUT2D eigenvalue weighted by Crippen LogP contribution is -1.83. The Morgan fingerprint density at radius 1 is 1.13 bits per heavy atom. The Balaban J connectivity index is 0. The molecule has 0 radical (unpaired) electrons. The minimum atomic E-state index is 0. The van der Waals surface area contributed by atoms with E-state index in [0.717, 1.165) is 0 Å². The molecule has 0 heteroatoms. The molecule has 0 N–H and O–H groups in total. The van der Waals surface area contributed by atoms with Crippen LogP contribution in [0.3, 0.4) is 0 Å². The number of aryl methyl sites for hydroxylation is 1. The van der Waals surface area contributed by atoms with Crippen molar-refractivity contribution in [3.63, 3.8) is 0 Å². The predicted octanol–water partition coefficient (Wildman–Crippen LogP) is 5.16. The summed E-state index contributed by atoms with van der Waals surface area (Å²) in [6, 6.07) is 6.31. The first kappa shape index (κ1) is 16.1. The van der Waals surface area contributed by atoms with Crippen molar-refractivity contribution in [2.24, 2.45) is 0 Å². The second-order valence-corrected chi connectivity index (χ2v) is 2.88. The maximum atomic E-state index is 3.64. The van der Waals surface area contributed by atoms with Crippen LogP contribution in [0.5, 0.6) is 0 Å². The summed E-state index contributed by atoms with van der Waals surface area (Å²) in [6.07, 6.45) is 5.83. The Labute approximate surface area is 95.3 Å². The van der Waals surface area contributed by atoms with E-state index in [4.69, 9.17) is 0 Å². The molecule has 15 heavy (non-hydrogen) atoms. The second kappa shape index (κ2) is 9.26. The second-order valence-electron chi connectivity index (χ2n) is 2.88. The van der Waals surface area contributed by atoms with Gasteiger partial charge in [0.05, 0.1) is 0 Å². The Bertz CT molecular complexity index is 306. The van der Waals surface area contributed by atoms with E-state index in [-0.39, 0.29) is 7.43 Å². The van der Waals surface area contributed by atoms with Gasteiger partial charge in [0.15, 0.2) is 0 Å². The minimum Gasteiger partial charge on any atom is -0.0991 e. The van der Waals surface area contributed by atoms with Gasteiger partial charge in [0.2, 0.25) is 0 Å². The smallest absolute Gasteiger partial charge is 0.0225 e. The molecule has 1 aromatic rings. The summed E-state index contributed by atoms with van der Waals surface area (Å²) in [7, 11) is 0. The number of benzene rings is 1. The van der Waals surface area contributed by atoms with E-state index in [2.05, 4.69) is 44.7 Å². The van der Waals surface area contributed by atoms with E-state index in [1.807, 2.05) is 19.9 Å². The summed E-state index contributed by atoms with van der Waals surface area (Å²) in [4.78, 5) is 0. The van der Waals surface area contributed by atoms with Gasteiger partial charge in [-0.15, -0.1) is 0 Å². The summed E-state index contributed by atoms with van der Waals surface area (Å²) in [5.74, 6) is 0. The third-order valence-corrected chi connectivity index (χ3v) is 2.06. The van der Waals surface area contributed by atoms with Crippen molar-refractivity contribution >= 4 is 6.08 Å².